The zero-order valence-corrected chi connectivity index (χ0v) is 12.5. The standard InChI is InChI=1S/C15H11ClN4O3/c16-9-3-1-4-10(7-9)18-19-14-11(8-13(22)23)17-15-12(21)5-2-6-20(14)15/h1-7,21H,8H2,(H,22,23). The number of aromatic nitrogens is 2. The Morgan fingerprint density at radius 2 is 2.09 bits per heavy atom. The number of carboxylic acid groups (broad SMARTS) is 1. The first-order valence-electron chi connectivity index (χ1n) is 6.62. The van der Waals surface area contributed by atoms with Crippen LogP contribution in [0.1, 0.15) is 5.69 Å². The molecule has 2 N–H and O–H groups in total. The van der Waals surface area contributed by atoms with Gasteiger partial charge in [-0.2, -0.15) is 0 Å². The molecular formula is C15H11ClN4O3. The van der Waals surface area contributed by atoms with Crippen LogP contribution >= 0.6 is 11.6 Å². The van der Waals surface area contributed by atoms with Gasteiger partial charge >= 0.3 is 5.97 Å². The molecule has 0 bridgehead atoms. The maximum Gasteiger partial charge on any atom is 0.309 e. The van der Waals surface area contributed by atoms with Crippen molar-refractivity contribution in [2.45, 2.75) is 6.42 Å². The number of rotatable bonds is 4. The fourth-order valence-electron chi connectivity index (χ4n) is 2.10. The van der Waals surface area contributed by atoms with E-state index in [-0.39, 0.29) is 29.3 Å². The lowest BCUT2D eigenvalue weighted by molar-refractivity contribution is -0.136. The summed E-state index contributed by atoms with van der Waals surface area (Å²) in [6.45, 7) is 0. The van der Waals surface area contributed by atoms with Gasteiger partial charge < -0.3 is 10.2 Å². The molecule has 0 radical (unpaired) electrons. The van der Waals surface area contributed by atoms with E-state index in [4.69, 9.17) is 16.7 Å². The molecular weight excluding hydrogens is 320 g/mol. The molecule has 0 aliphatic rings. The van der Waals surface area contributed by atoms with E-state index in [0.29, 0.717) is 10.7 Å². The molecule has 23 heavy (non-hydrogen) atoms. The second-order valence-electron chi connectivity index (χ2n) is 4.72. The minimum atomic E-state index is -1.05. The Morgan fingerprint density at radius 1 is 1.26 bits per heavy atom. The molecule has 0 aliphatic heterocycles. The maximum absolute atomic E-state index is 11.0. The first-order chi connectivity index (χ1) is 11.0. The molecule has 2 aromatic heterocycles. The van der Waals surface area contributed by atoms with Gasteiger partial charge in [0.05, 0.1) is 17.8 Å². The number of aliphatic carboxylic acids is 1. The Morgan fingerprint density at radius 3 is 2.83 bits per heavy atom. The number of carbonyl (C=O) groups is 1. The highest BCUT2D eigenvalue weighted by atomic mass is 35.5. The summed E-state index contributed by atoms with van der Waals surface area (Å²) < 4.78 is 1.49. The summed E-state index contributed by atoms with van der Waals surface area (Å²) in [5.41, 5.74) is 0.961. The molecule has 0 unspecified atom stereocenters. The second kappa shape index (κ2) is 6.05. The molecule has 116 valence electrons. The van der Waals surface area contributed by atoms with Crippen LogP contribution in [-0.2, 0) is 11.2 Å². The zero-order valence-electron chi connectivity index (χ0n) is 11.7. The highest BCUT2D eigenvalue weighted by molar-refractivity contribution is 6.30. The molecule has 3 aromatic rings. The van der Waals surface area contributed by atoms with Crippen molar-refractivity contribution in [3.63, 3.8) is 0 Å². The second-order valence-corrected chi connectivity index (χ2v) is 5.16. The van der Waals surface area contributed by atoms with Crippen LogP contribution in [0.5, 0.6) is 5.75 Å². The minimum absolute atomic E-state index is 0.0663. The topological polar surface area (TPSA) is 99.5 Å². The normalized spacial score (nSPS) is 11.3. The van der Waals surface area contributed by atoms with Crippen molar-refractivity contribution in [3.8, 4) is 5.75 Å². The van der Waals surface area contributed by atoms with E-state index in [1.54, 1.807) is 36.5 Å². The number of pyridine rings is 1. The lowest BCUT2D eigenvalue weighted by Crippen LogP contribution is -2.00. The van der Waals surface area contributed by atoms with Crippen LogP contribution in [0.3, 0.4) is 0 Å². The average molecular weight is 331 g/mol. The first-order valence-corrected chi connectivity index (χ1v) is 7.00. The number of carboxylic acids is 1. The van der Waals surface area contributed by atoms with Gasteiger partial charge in [-0.25, -0.2) is 4.98 Å². The number of hydrogen-bond donors (Lipinski definition) is 2. The Kier molecular flexibility index (Phi) is 3.94. The van der Waals surface area contributed by atoms with Gasteiger partial charge in [0.15, 0.2) is 17.2 Å². The molecule has 8 heteroatoms. The number of azo groups is 1. The number of halogens is 1. The van der Waals surface area contributed by atoms with Gasteiger partial charge in [0.1, 0.15) is 0 Å². The molecule has 0 atom stereocenters. The van der Waals surface area contributed by atoms with Gasteiger partial charge in [0, 0.05) is 11.2 Å². The minimum Gasteiger partial charge on any atom is -0.504 e. The molecule has 1 aromatic carbocycles. The number of fused-ring (bicyclic) bond motifs is 1. The van der Waals surface area contributed by atoms with Crippen LogP contribution in [0.25, 0.3) is 5.65 Å². The molecule has 7 nitrogen and oxygen atoms in total. The summed E-state index contributed by atoms with van der Waals surface area (Å²) in [7, 11) is 0. The van der Waals surface area contributed by atoms with E-state index in [1.165, 1.54) is 10.5 Å². The third-order valence-electron chi connectivity index (χ3n) is 3.06. The van der Waals surface area contributed by atoms with Crippen molar-refractivity contribution < 1.29 is 15.0 Å². The molecule has 3 rings (SSSR count). The van der Waals surface area contributed by atoms with Gasteiger partial charge in [-0.05, 0) is 30.3 Å². The van der Waals surface area contributed by atoms with E-state index >= 15 is 0 Å². The quantitative estimate of drug-likeness (QED) is 0.712. The average Bonchev–Trinajstić information content (AvgIpc) is 2.83. The maximum atomic E-state index is 11.0. The predicted octanol–water partition coefficient (Wildman–Crippen LogP) is 3.74. The van der Waals surface area contributed by atoms with Crippen molar-refractivity contribution in [1.29, 1.82) is 0 Å². The van der Waals surface area contributed by atoms with Gasteiger partial charge in [-0.1, -0.05) is 17.7 Å². The molecule has 0 saturated carbocycles. The fraction of sp³-hybridized carbons (Fsp3) is 0.0667. The van der Waals surface area contributed by atoms with Gasteiger partial charge in [0.2, 0.25) is 0 Å². The van der Waals surface area contributed by atoms with Gasteiger partial charge in [-0.3, -0.25) is 9.20 Å². The molecule has 0 spiro atoms. The van der Waals surface area contributed by atoms with Crippen LogP contribution in [0.4, 0.5) is 11.5 Å². The number of imidazole rings is 1. The highest BCUT2D eigenvalue weighted by Gasteiger charge is 2.16. The molecule has 0 saturated heterocycles. The molecule has 2 heterocycles. The van der Waals surface area contributed by atoms with Crippen LogP contribution < -0.4 is 0 Å². The number of aromatic hydroxyl groups is 1. The van der Waals surface area contributed by atoms with Crippen molar-refractivity contribution >= 4 is 34.7 Å². The monoisotopic (exact) mass is 330 g/mol. The Balaban J connectivity index is 2.10. The van der Waals surface area contributed by atoms with E-state index < -0.39 is 5.97 Å². The Labute approximate surface area is 135 Å². The first kappa shape index (κ1) is 15.0. The summed E-state index contributed by atoms with van der Waals surface area (Å²) in [6.07, 6.45) is 1.30. The van der Waals surface area contributed by atoms with E-state index in [0.717, 1.165) is 0 Å². The lowest BCUT2D eigenvalue weighted by atomic mass is 10.3. The van der Waals surface area contributed by atoms with Crippen molar-refractivity contribution in [2.75, 3.05) is 0 Å². The summed E-state index contributed by atoms with van der Waals surface area (Å²) in [5, 5.41) is 27.5. The van der Waals surface area contributed by atoms with Crippen molar-refractivity contribution in [1.82, 2.24) is 9.38 Å². The Hall–Kier alpha value is -2.93. The van der Waals surface area contributed by atoms with E-state index in [9.17, 15) is 9.90 Å². The third-order valence-corrected chi connectivity index (χ3v) is 3.30. The largest absolute Gasteiger partial charge is 0.504 e. The van der Waals surface area contributed by atoms with Crippen LogP contribution in [-0.4, -0.2) is 25.6 Å². The number of benzene rings is 1. The van der Waals surface area contributed by atoms with Crippen LogP contribution in [0.15, 0.2) is 52.8 Å². The summed E-state index contributed by atoms with van der Waals surface area (Å²) >= 11 is 5.89. The van der Waals surface area contributed by atoms with E-state index in [2.05, 4.69) is 15.2 Å². The zero-order chi connectivity index (χ0) is 16.4. The summed E-state index contributed by atoms with van der Waals surface area (Å²) in [5.74, 6) is -0.867. The number of nitrogens with zero attached hydrogens (tertiary/aromatic N) is 4. The molecule has 0 fully saturated rings. The highest BCUT2D eigenvalue weighted by Crippen LogP contribution is 2.29. The Bertz CT molecular complexity index is 920. The number of hydrogen-bond acceptors (Lipinski definition) is 5. The summed E-state index contributed by atoms with van der Waals surface area (Å²) in [4.78, 5) is 15.1. The lowest BCUT2D eigenvalue weighted by Gasteiger charge is -1.98. The van der Waals surface area contributed by atoms with Gasteiger partial charge in [-0.15, -0.1) is 10.2 Å². The fourth-order valence-corrected chi connectivity index (χ4v) is 2.28. The predicted molar refractivity (Wildman–Crippen MR) is 83.8 cm³/mol. The van der Waals surface area contributed by atoms with Crippen molar-refractivity contribution in [2.24, 2.45) is 10.2 Å². The van der Waals surface area contributed by atoms with Crippen LogP contribution in [0, 0.1) is 0 Å². The van der Waals surface area contributed by atoms with Crippen molar-refractivity contribution in [3.05, 3.63) is 53.3 Å². The van der Waals surface area contributed by atoms with Crippen LogP contribution in [0.2, 0.25) is 5.02 Å². The third kappa shape index (κ3) is 3.14. The van der Waals surface area contributed by atoms with Gasteiger partial charge in [0.25, 0.3) is 0 Å². The smallest absolute Gasteiger partial charge is 0.309 e. The molecule has 0 amide bonds. The summed E-state index contributed by atoms with van der Waals surface area (Å²) in [6, 6.07) is 9.85. The SMILES string of the molecule is O=C(O)Cc1nc2c(O)cccn2c1N=Nc1cccc(Cl)c1. The molecule has 0 aliphatic carbocycles. The van der Waals surface area contributed by atoms with E-state index in [1.807, 2.05) is 0 Å².